The van der Waals surface area contributed by atoms with Gasteiger partial charge in [0.2, 0.25) is 5.79 Å². The summed E-state index contributed by atoms with van der Waals surface area (Å²) in [5, 5.41) is 0.653. The Hall–Kier alpha value is -0.730. The second-order valence-electron chi connectivity index (χ2n) is 4.48. The fourth-order valence-electron chi connectivity index (χ4n) is 2.55. The summed E-state index contributed by atoms with van der Waals surface area (Å²) in [4.78, 5) is 0. The Morgan fingerprint density at radius 2 is 2.06 bits per heavy atom. The number of rotatable bonds is 0. The Kier molecular flexibility index (Phi) is 2.37. The van der Waals surface area contributed by atoms with Crippen molar-refractivity contribution in [2.45, 2.75) is 37.6 Å². The highest BCUT2D eigenvalue weighted by Crippen LogP contribution is 2.47. The Balaban J connectivity index is 2.04. The average molecular weight is 238 g/mol. The zero-order valence-electron chi connectivity index (χ0n) is 9.04. The van der Waals surface area contributed by atoms with E-state index < -0.39 is 5.79 Å². The van der Waals surface area contributed by atoms with E-state index in [0.717, 1.165) is 37.0 Å². The maximum absolute atomic E-state index is 6.16. The van der Waals surface area contributed by atoms with Crippen molar-refractivity contribution in [3.05, 3.63) is 35.7 Å². The van der Waals surface area contributed by atoms with Crippen LogP contribution in [0.15, 0.2) is 18.2 Å². The minimum absolute atomic E-state index is 0.180. The highest BCUT2D eigenvalue weighted by atomic mass is 35.5. The molecule has 1 saturated carbocycles. The van der Waals surface area contributed by atoms with Crippen LogP contribution in [-0.4, -0.2) is 5.79 Å². The Labute approximate surface area is 101 Å². The van der Waals surface area contributed by atoms with Gasteiger partial charge in [0.05, 0.1) is 11.1 Å². The van der Waals surface area contributed by atoms with Crippen molar-refractivity contribution >= 4 is 11.6 Å². The Morgan fingerprint density at radius 3 is 2.81 bits per heavy atom. The lowest BCUT2D eigenvalue weighted by Gasteiger charge is -2.39. The molecule has 85 valence electrons. The first kappa shape index (κ1) is 10.4. The van der Waals surface area contributed by atoms with E-state index in [1.165, 1.54) is 0 Å². The van der Waals surface area contributed by atoms with Crippen LogP contribution in [0, 0.1) is 6.92 Å². The molecule has 1 aromatic carbocycles. The van der Waals surface area contributed by atoms with Crippen molar-refractivity contribution in [2.75, 3.05) is 0 Å². The second kappa shape index (κ2) is 3.64. The van der Waals surface area contributed by atoms with Crippen LogP contribution in [0.25, 0.3) is 0 Å². The summed E-state index contributed by atoms with van der Waals surface area (Å²) in [6.07, 6.45) is 3.98. The van der Waals surface area contributed by atoms with Crippen molar-refractivity contribution in [2.24, 2.45) is 0 Å². The van der Waals surface area contributed by atoms with Crippen LogP contribution in [0.4, 0.5) is 0 Å². The quantitative estimate of drug-likeness (QED) is 0.682. The zero-order chi connectivity index (χ0) is 11.2. The smallest absolute Gasteiger partial charge is 0.211 e. The minimum atomic E-state index is -0.468. The van der Waals surface area contributed by atoms with Gasteiger partial charge in [-0.3, -0.25) is 0 Å². The van der Waals surface area contributed by atoms with Gasteiger partial charge in [0.1, 0.15) is 5.75 Å². The number of ether oxygens (including phenoxy) is 2. The summed E-state index contributed by atoms with van der Waals surface area (Å²) in [5.41, 5.74) is 0.949. The van der Waals surface area contributed by atoms with Crippen molar-refractivity contribution in [3.8, 4) is 5.75 Å². The van der Waals surface area contributed by atoms with Crippen LogP contribution >= 0.6 is 11.6 Å². The maximum atomic E-state index is 6.16. The van der Waals surface area contributed by atoms with E-state index in [2.05, 4.69) is 6.92 Å². The third-order valence-electron chi connectivity index (χ3n) is 3.35. The molecule has 0 saturated heterocycles. The standard InChI is InChI=1S/C13H14ClO2/c1-9-10-5-4-6-11(14)12(10)16-13(15-9)7-2-3-8-13/h4-6,9H,1-3,7-8H2. The number of hydrogen-bond donors (Lipinski definition) is 0. The second-order valence-corrected chi connectivity index (χ2v) is 4.89. The number of para-hydroxylation sites is 1. The molecule has 0 N–H and O–H groups in total. The molecule has 1 atom stereocenters. The molecule has 0 amide bonds. The fraction of sp³-hybridized carbons (Fsp3) is 0.462. The third-order valence-corrected chi connectivity index (χ3v) is 3.65. The Morgan fingerprint density at radius 1 is 1.31 bits per heavy atom. The van der Waals surface area contributed by atoms with Gasteiger partial charge in [0.25, 0.3) is 0 Å². The number of hydrogen-bond acceptors (Lipinski definition) is 2. The van der Waals surface area contributed by atoms with E-state index in [1.807, 2.05) is 18.2 Å². The summed E-state index contributed by atoms with van der Waals surface area (Å²) in [6, 6.07) is 5.71. The lowest BCUT2D eigenvalue weighted by molar-refractivity contribution is -0.214. The summed E-state index contributed by atoms with van der Waals surface area (Å²) in [7, 11) is 0. The van der Waals surface area contributed by atoms with Gasteiger partial charge < -0.3 is 9.47 Å². The molecule has 1 heterocycles. The molecular weight excluding hydrogens is 224 g/mol. The van der Waals surface area contributed by atoms with Crippen LogP contribution in [0.1, 0.15) is 37.4 Å². The van der Waals surface area contributed by atoms with Gasteiger partial charge in [-0.25, -0.2) is 0 Å². The highest BCUT2D eigenvalue weighted by molar-refractivity contribution is 6.32. The van der Waals surface area contributed by atoms with Gasteiger partial charge in [-0.05, 0) is 25.8 Å². The molecule has 3 heteroatoms. The van der Waals surface area contributed by atoms with Crippen molar-refractivity contribution in [1.29, 1.82) is 0 Å². The third kappa shape index (κ3) is 1.52. The van der Waals surface area contributed by atoms with Crippen molar-refractivity contribution in [1.82, 2.24) is 0 Å². The molecule has 1 unspecified atom stereocenters. The molecule has 1 fully saturated rings. The summed E-state index contributed by atoms with van der Waals surface area (Å²) >= 11 is 6.16. The van der Waals surface area contributed by atoms with Crippen molar-refractivity contribution < 1.29 is 9.47 Å². The largest absolute Gasteiger partial charge is 0.460 e. The summed E-state index contributed by atoms with van der Waals surface area (Å²) in [5.74, 6) is 0.294. The van der Waals surface area contributed by atoms with Crippen LogP contribution in [0.3, 0.4) is 0 Å². The molecule has 1 aromatic rings. The molecule has 1 spiro atoms. The van der Waals surface area contributed by atoms with Gasteiger partial charge >= 0.3 is 0 Å². The molecule has 1 aliphatic carbocycles. The molecule has 1 aliphatic heterocycles. The normalized spacial score (nSPS) is 26.5. The minimum Gasteiger partial charge on any atom is -0.460 e. The summed E-state index contributed by atoms with van der Waals surface area (Å²) in [6.45, 7) is 4.04. The van der Waals surface area contributed by atoms with E-state index in [0.29, 0.717) is 5.02 Å². The van der Waals surface area contributed by atoms with E-state index in [9.17, 15) is 0 Å². The number of benzene rings is 1. The monoisotopic (exact) mass is 237 g/mol. The van der Waals surface area contributed by atoms with Gasteiger partial charge in [-0.1, -0.05) is 23.7 Å². The van der Waals surface area contributed by atoms with E-state index in [1.54, 1.807) is 0 Å². The molecule has 16 heavy (non-hydrogen) atoms. The highest BCUT2D eigenvalue weighted by Gasteiger charge is 2.43. The Bertz CT molecular complexity index is 410. The molecule has 1 radical (unpaired) electrons. The van der Waals surface area contributed by atoms with Gasteiger partial charge in [-0.2, -0.15) is 0 Å². The van der Waals surface area contributed by atoms with Crippen LogP contribution in [0.5, 0.6) is 5.75 Å². The van der Waals surface area contributed by atoms with Crippen molar-refractivity contribution in [3.63, 3.8) is 0 Å². The van der Waals surface area contributed by atoms with Gasteiger partial charge in [-0.15, -0.1) is 0 Å². The topological polar surface area (TPSA) is 18.5 Å². The molecule has 3 rings (SSSR count). The maximum Gasteiger partial charge on any atom is 0.211 e. The summed E-state index contributed by atoms with van der Waals surface area (Å²) < 4.78 is 11.9. The molecule has 0 bridgehead atoms. The molecular formula is C13H14ClO2. The molecule has 0 aromatic heterocycles. The van der Waals surface area contributed by atoms with E-state index in [4.69, 9.17) is 21.1 Å². The van der Waals surface area contributed by atoms with Crippen LogP contribution in [-0.2, 0) is 4.74 Å². The van der Waals surface area contributed by atoms with Crippen LogP contribution < -0.4 is 4.74 Å². The molecule has 2 nitrogen and oxygen atoms in total. The fourth-order valence-corrected chi connectivity index (χ4v) is 2.77. The van der Waals surface area contributed by atoms with Gasteiger partial charge in [0, 0.05) is 18.4 Å². The number of fused-ring (bicyclic) bond motifs is 1. The van der Waals surface area contributed by atoms with Crippen LogP contribution in [0.2, 0.25) is 5.02 Å². The number of halogens is 1. The first-order chi connectivity index (χ1) is 7.70. The van der Waals surface area contributed by atoms with E-state index >= 15 is 0 Å². The van der Waals surface area contributed by atoms with E-state index in [-0.39, 0.29) is 6.10 Å². The van der Waals surface area contributed by atoms with Gasteiger partial charge in [0.15, 0.2) is 0 Å². The first-order valence-electron chi connectivity index (χ1n) is 5.69. The lowest BCUT2D eigenvalue weighted by atomic mass is 10.1. The lowest BCUT2D eigenvalue weighted by Crippen LogP contribution is -2.40. The SMILES string of the molecule is [CH2]C1OC2(CCCC2)Oc2c(Cl)cccc21. The first-order valence-corrected chi connectivity index (χ1v) is 6.06. The predicted molar refractivity (Wildman–Crippen MR) is 62.5 cm³/mol. The predicted octanol–water partition coefficient (Wildman–Crippen LogP) is 3.89. The zero-order valence-corrected chi connectivity index (χ0v) is 9.80. The average Bonchev–Trinajstić information content (AvgIpc) is 2.68. The molecule has 2 aliphatic rings.